The highest BCUT2D eigenvalue weighted by Crippen LogP contribution is 2.27. The van der Waals surface area contributed by atoms with Crippen LogP contribution in [0.15, 0.2) is 12.1 Å². The Balaban J connectivity index is 2.12. The fraction of sp³-hybridized carbons (Fsp3) is 0.571. The molecule has 5 heteroatoms. The van der Waals surface area contributed by atoms with Crippen molar-refractivity contribution < 1.29 is 9.53 Å². The number of hydrogen-bond donors (Lipinski definition) is 1. The predicted octanol–water partition coefficient (Wildman–Crippen LogP) is 1.75. The number of rotatable bonds is 3. The zero-order valence-electron chi connectivity index (χ0n) is 11.6. The molecule has 0 aromatic carbocycles. The highest BCUT2D eigenvalue weighted by atomic mass is 16.5. The fourth-order valence-electron chi connectivity index (χ4n) is 2.43. The second kappa shape index (κ2) is 5.91. The first kappa shape index (κ1) is 13.6. The molecule has 0 aliphatic carbocycles. The second-order valence-electron chi connectivity index (χ2n) is 4.90. The first-order chi connectivity index (χ1) is 9.11. The third kappa shape index (κ3) is 3.16. The minimum Gasteiger partial charge on any atom is -0.466 e. The van der Waals surface area contributed by atoms with Gasteiger partial charge in [0, 0.05) is 18.8 Å². The van der Waals surface area contributed by atoms with E-state index in [1.807, 2.05) is 26.0 Å². The lowest BCUT2D eigenvalue weighted by atomic mass is 9.98. The van der Waals surface area contributed by atoms with Crippen LogP contribution in [-0.2, 0) is 9.53 Å². The maximum Gasteiger partial charge on any atom is 0.310 e. The van der Waals surface area contributed by atoms with Gasteiger partial charge in [0.2, 0.25) is 0 Å². The molecule has 0 bridgehead atoms. The van der Waals surface area contributed by atoms with Gasteiger partial charge in [0.1, 0.15) is 0 Å². The molecule has 0 spiro atoms. The Kier molecular flexibility index (Phi) is 4.24. The smallest absolute Gasteiger partial charge is 0.310 e. The summed E-state index contributed by atoms with van der Waals surface area (Å²) in [5, 5.41) is 0. The minimum absolute atomic E-state index is 0.0737. The normalized spacial score (nSPS) is 19.3. The van der Waals surface area contributed by atoms with E-state index in [9.17, 15) is 4.79 Å². The first-order valence-electron chi connectivity index (χ1n) is 6.76. The lowest BCUT2D eigenvalue weighted by molar-refractivity contribution is -0.148. The summed E-state index contributed by atoms with van der Waals surface area (Å²) in [7, 11) is 0. The van der Waals surface area contributed by atoms with E-state index < -0.39 is 0 Å². The van der Waals surface area contributed by atoms with Gasteiger partial charge in [-0.25, -0.2) is 4.98 Å². The van der Waals surface area contributed by atoms with Gasteiger partial charge in [0.05, 0.1) is 18.2 Å². The molecule has 2 heterocycles. The summed E-state index contributed by atoms with van der Waals surface area (Å²) in [6, 6.07) is 3.76. The van der Waals surface area contributed by atoms with Crippen molar-refractivity contribution in [1.29, 1.82) is 0 Å². The van der Waals surface area contributed by atoms with E-state index >= 15 is 0 Å². The molecule has 1 aliphatic heterocycles. The molecule has 1 aromatic rings. The van der Waals surface area contributed by atoms with Crippen LogP contribution in [0.2, 0.25) is 0 Å². The van der Waals surface area contributed by atoms with Gasteiger partial charge in [-0.1, -0.05) is 0 Å². The molecule has 1 fully saturated rings. The van der Waals surface area contributed by atoms with E-state index in [-0.39, 0.29) is 11.9 Å². The summed E-state index contributed by atoms with van der Waals surface area (Å²) in [5.41, 5.74) is 7.58. The molecular weight excluding hydrogens is 242 g/mol. The number of anilines is 2. The molecular formula is C14H21N3O2. The molecule has 1 aliphatic rings. The summed E-state index contributed by atoms with van der Waals surface area (Å²) in [6.45, 7) is 5.73. The Morgan fingerprint density at radius 1 is 1.58 bits per heavy atom. The summed E-state index contributed by atoms with van der Waals surface area (Å²) in [4.78, 5) is 18.4. The third-order valence-electron chi connectivity index (χ3n) is 3.39. The number of aryl methyl sites for hydroxylation is 1. The standard InChI is InChI=1S/C14H21N3O2/c1-3-19-14(18)11-5-4-8-17(9-11)13-12(15)7-6-10(2)16-13/h6-7,11H,3-5,8-9,15H2,1-2H3. The van der Waals surface area contributed by atoms with Crippen molar-refractivity contribution in [1.82, 2.24) is 4.98 Å². The number of pyridine rings is 1. The molecule has 1 aromatic heterocycles. The van der Waals surface area contributed by atoms with Crippen molar-refractivity contribution in [2.24, 2.45) is 5.92 Å². The van der Waals surface area contributed by atoms with Gasteiger partial charge in [-0.15, -0.1) is 0 Å². The van der Waals surface area contributed by atoms with Crippen LogP contribution in [0.5, 0.6) is 0 Å². The largest absolute Gasteiger partial charge is 0.466 e. The van der Waals surface area contributed by atoms with E-state index in [1.54, 1.807) is 0 Å². The monoisotopic (exact) mass is 263 g/mol. The average Bonchev–Trinajstić information content (AvgIpc) is 2.42. The zero-order valence-corrected chi connectivity index (χ0v) is 11.6. The van der Waals surface area contributed by atoms with Crippen molar-refractivity contribution in [2.45, 2.75) is 26.7 Å². The Labute approximate surface area is 113 Å². The number of hydrogen-bond acceptors (Lipinski definition) is 5. The number of esters is 1. The van der Waals surface area contributed by atoms with Gasteiger partial charge in [-0.3, -0.25) is 4.79 Å². The number of nitrogens with zero attached hydrogens (tertiary/aromatic N) is 2. The van der Waals surface area contributed by atoms with Crippen molar-refractivity contribution in [3.05, 3.63) is 17.8 Å². The Hall–Kier alpha value is -1.78. The van der Waals surface area contributed by atoms with Gasteiger partial charge in [0.25, 0.3) is 0 Å². The van der Waals surface area contributed by atoms with Crippen LogP contribution in [0, 0.1) is 12.8 Å². The molecule has 1 atom stereocenters. The predicted molar refractivity (Wildman–Crippen MR) is 75.0 cm³/mol. The zero-order chi connectivity index (χ0) is 13.8. The van der Waals surface area contributed by atoms with Crippen molar-refractivity contribution in [3.63, 3.8) is 0 Å². The van der Waals surface area contributed by atoms with E-state index in [0.717, 1.165) is 30.9 Å². The van der Waals surface area contributed by atoms with Crippen molar-refractivity contribution in [3.8, 4) is 0 Å². The highest BCUT2D eigenvalue weighted by Gasteiger charge is 2.28. The second-order valence-corrected chi connectivity index (χ2v) is 4.90. The number of ether oxygens (including phenoxy) is 1. The van der Waals surface area contributed by atoms with Crippen LogP contribution >= 0.6 is 0 Å². The lowest BCUT2D eigenvalue weighted by Gasteiger charge is -2.33. The van der Waals surface area contributed by atoms with Crippen LogP contribution in [-0.4, -0.2) is 30.6 Å². The molecule has 1 unspecified atom stereocenters. The molecule has 1 saturated heterocycles. The summed E-state index contributed by atoms with van der Waals surface area (Å²) < 4.78 is 5.10. The van der Waals surface area contributed by atoms with Crippen LogP contribution in [0.4, 0.5) is 11.5 Å². The Morgan fingerprint density at radius 2 is 2.37 bits per heavy atom. The summed E-state index contributed by atoms with van der Waals surface area (Å²) in [6.07, 6.45) is 1.83. The van der Waals surface area contributed by atoms with E-state index in [2.05, 4.69) is 9.88 Å². The van der Waals surface area contributed by atoms with Gasteiger partial charge in [0.15, 0.2) is 5.82 Å². The number of nitrogens with two attached hydrogens (primary N) is 1. The van der Waals surface area contributed by atoms with Crippen molar-refractivity contribution >= 4 is 17.5 Å². The van der Waals surface area contributed by atoms with E-state index in [1.165, 1.54) is 0 Å². The van der Waals surface area contributed by atoms with Crippen molar-refractivity contribution in [2.75, 3.05) is 30.3 Å². The van der Waals surface area contributed by atoms with Crippen LogP contribution in [0.25, 0.3) is 0 Å². The maximum absolute atomic E-state index is 11.8. The van der Waals surface area contributed by atoms with Gasteiger partial charge in [-0.2, -0.15) is 0 Å². The fourth-order valence-corrected chi connectivity index (χ4v) is 2.43. The van der Waals surface area contributed by atoms with E-state index in [0.29, 0.717) is 18.8 Å². The molecule has 0 saturated carbocycles. The van der Waals surface area contributed by atoms with Crippen LogP contribution < -0.4 is 10.6 Å². The molecule has 2 rings (SSSR count). The number of carbonyl (C=O) groups is 1. The van der Waals surface area contributed by atoms with Gasteiger partial charge < -0.3 is 15.4 Å². The molecule has 0 amide bonds. The molecule has 19 heavy (non-hydrogen) atoms. The Bertz CT molecular complexity index is 462. The van der Waals surface area contributed by atoms with Crippen LogP contribution in [0.1, 0.15) is 25.5 Å². The highest BCUT2D eigenvalue weighted by molar-refractivity contribution is 5.74. The molecule has 5 nitrogen and oxygen atoms in total. The minimum atomic E-state index is -0.113. The first-order valence-corrected chi connectivity index (χ1v) is 6.76. The molecule has 104 valence electrons. The molecule has 0 radical (unpaired) electrons. The number of aromatic nitrogens is 1. The lowest BCUT2D eigenvalue weighted by Crippen LogP contribution is -2.40. The number of carbonyl (C=O) groups excluding carboxylic acids is 1. The number of nitrogen functional groups attached to an aromatic ring is 1. The Morgan fingerprint density at radius 3 is 3.11 bits per heavy atom. The molecule has 2 N–H and O–H groups in total. The maximum atomic E-state index is 11.8. The van der Waals surface area contributed by atoms with Gasteiger partial charge >= 0.3 is 5.97 Å². The average molecular weight is 263 g/mol. The third-order valence-corrected chi connectivity index (χ3v) is 3.39. The summed E-state index contributed by atoms with van der Waals surface area (Å²) in [5.74, 6) is 0.600. The summed E-state index contributed by atoms with van der Waals surface area (Å²) >= 11 is 0. The topological polar surface area (TPSA) is 68.5 Å². The quantitative estimate of drug-likeness (QED) is 0.841. The number of piperidine rings is 1. The SMILES string of the molecule is CCOC(=O)C1CCCN(c2nc(C)ccc2N)C1. The van der Waals surface area contributed by atoms with Crippen LogP contribution in [0.3, 0.4) is 0 Å². The van der Waals surface area contributed by atoms with Gasteiger partial charge in [-0.05, 0) is 38.8 Å². The van der Waals surface area contributed by atoms with E-state index in [4.69, 9.17) is 10.5 Å².